The zero-order valence-electron chi connectivity index (χ0n) is 18.5. The van der Waals surface area contributed by atoms with Gasteiger partial charge in [-0.3, -0.25) is 14.5 Å². The summed E-state index contributed by atoms with van der Waals surface area (Å²) in [7, 11) is 0. The van der Waals surface area contributed by atoms with Gasteiger partial charge >= 0.3 is 5.97 Å². The first-order valence-electron chi connectivity index (χ1n) is 10.6. The Morgan fingerprint density at radius 1 is 1.09 bits per heavy atom. The Morgan fingerprint density at radius 3 is 2.48 bits per heavy atom. The van der Waals surface area contributed by atoms with E-state index in [1.807, 2.05) is 37.3 Å². The molecule has 0 atom stereocenters. The number of benzene rings is 2. The minimum atomic E-state index is -0.379. The lowest BCUT2D eigenvalue weighted by Crippen LogP contribution is -2.22. The van der Waals surface area contributed by atoms with Gasteiger partial charge in [0.05, 0.1) is 23.6 Å². The van der Waals surface area contributed by atoms with E-state index < -0.39 is 0 Å². The van der Waals surface area contributed by atoms with Gasteiger partial charge in [-0.2, -0.15) is 0 Å². The molecule has 170 valence electrons. The van der Waals surface area contributed by atoms with E-state index in [9.17, 15) is 14.4 Å². The van der Waals surface area contributed by atoms with Gasteiger partial charge in [-0.25, -0.2) is 9.78 Å². The molecule has 1 N–H and O–H groups in total. The second kappa shape index (κ2) is 11.7. The molecule has 8 heteroatoms. The SMILES string of the molecule is CCCCOC(=O)c1ccc(NC(=O)/C=C/c2csc(N(C(C)=O)c3ccccc3)n2)cc1. The molecule has 0 unspecified atom stereocenters. The number of hydrogen-bond donors (Lipinski definition) is 1. The summed E-state index contributed by atoms with van der Waals surface area (Å²) in [5.41, 5.74) is 2.28. The van der Waals surface area contributed by atoms with E-state index >= 15 is 0 Å². The number of esters is 1. The van der Waals surface area contributed by atoms with E-state index in [-0.39, 0.29) is 17.8 Å². The summed E-state index contributed by atoms with van der Waals surface area (Å²) in [4.78, 5) is 42.3. The molecule has 0 aliphatic rings. The summed E-state index contributed by atoms with van der Waals surface area (Å²) in [5, 5.41) is 5.04. The predicted octanol–water partition coefficient (Wildman–Crippen LogP) is 5.44. The lowest BCUT2D eigenvalue weighted by Gasteiger charge is -2.17. The van der Waals surface area contributed by atoms with Gasteiger partial charge in [0, 0.05) is 24.1 Å². The smallest absolute Gasteiger partial charge is 0.338 e. The maximum Gasteiger partial charge on any atom is 0.338 e. The zero-order chi connectivity index (χ0) is 23.6. The Kier molecular flexibility index (Phi) is 8.49. The minimum Gasteiger partial charge on any atom is -0.462 e. The Labute approximate surface area is 196 Å². The average Bonchev–Trinajstić information content (AvgIpc) is 3.27. The van der Waals surface area contributed by atoms with Gasteiger partial charge in [0.15, 0.2) is 5.13 Å². The molecule has 2 aromatic carbocycles. The maximum absolute atomic E-state index is 12.3. The number of rotatable bonds is 9. The Hall–Kier alpha value is -3.78. The van der Waals surface area contributed by atoms with Crippen molar-refractivity contribution >= 4 is 51.7 Å². The molecule has 0 saturated heterocycles. The monoisotopic (exact) mass is 463 g/mol. The van der Waals surface area contributed by atoms with Crippen LogP contribution in [0.4, 0.5) is 16.5 Å². The fourth-order valence-corrected chi connectivity index (χ4v) is 3.74. The average molecular weight is 464 g/mol. The van der Waals surface area contributed by atoms with Gasteiger partial charge in [0.2, 0.25) is 11.8 Å². The van der Waals surface area contributed by atoms with Crippen LogP contribution in [0.15, 0.2) is 66.1 Å². The minimum absolute atomic E-state index is 0.151. The van der Waals surface area contributed by atoms with Gasteiger partial charge in [-0.15, -0.1) is 11.3 Å². The van der Waals surface area contributed by atoms with Crippen LogP contribution in [-0.4, -0.2) is 29.4 Å². The van der Waals surface area contributed by atoms with Crippen molar-refractivity contribution in [3.05, 3.63) is 77.3 Å². The number of nitrogens with one attached hydrogen (secondary N) is 1. The van der Waals surface area contributed by atoms with E-state index in [0.29, 0.717) is 28.7 Å². The van der Waals surface area contributed by atoms with Crippen molar-refractivity contribution in [3.8, 4) is 0 Å². The highest BCUT2D eigenvalue weighted by Gasteiger charge is 2.17. The van der Waals surface area contributed by atoms with Gasteiger partial charge < -0.3 is 10.1 Å². The standard InChI is InChI=1S/C25H25N3O4S/c1-3-4-16-32-24(31)19-10-12-20(13-11-19)26-23(30)15-14-21-17-33-25(27-21)28(18(2)29)22-8-6-5-7-9-22/h5-15,17H,3-4,16H2,1-2H3,(H,26,30)/b15-14+. The lowest BCUT2D eigenvalue weighted by molar-refractivity contribution is -0.116. The molecule has 3 aromatic rings. The third kappa shape index (κ3) is 6.85. The third-order valence-electron chi connectivity index (χ3n) is 4.56. The number of thiazole rings is 1. The van der Waals surface area contributed by atoms with Crippen molar-refractivity contribution in [1.82, 2.24) is 4.98 Å². The number of anilines is 3. The second-order valence-corrected chi connectivity index (χ2v) is 7.97. The number of carbonyl (C=O) groups is 3. The van der Waals surface area contributed by atoms with Crippen LogP contribution in [0.3, 0.4) is 0 Å². The molecule has 0 radical (unpaired) electrons. The Bertz CT molecular complexity index is 1120. The predicted molar refractivity (Wildman–Crippen MR) is 131 cm³/mol. The molecule has 0 bridgehead atoms. The van der Waals surface area contributed by atoms with Crippen LogP contribution in [0.25, 0.3) is 6.08 Å². The molecule has 33 heavy (non-hydrogen) atoms. The highest BCUT2D eigenvalue weighted by molar-refractivity contribution is 7.14. The van der Waals surface area contributed by atoms with Gasteiger partial charge in [-0.05, 0) is 48.9 Å². The summed E-state index contributed by atoms with van der Waals surface area (Å²) in [6.07, 6.45) is 4.73. The zero-order valence-corrected chi connectivity index (χ0v) is 19.3. The maximum atomic E-state index is 12.3. The molecule has 0 fully saturated rings. The molecule has 0 aliphatic carbocycles. The highest BCUT2D eigenvalue weighted by atomic mass is 32.1. The van der Waals surface area contributed by atoms with Crippen LogP contribution in [-0.2, 0) is 14.3 Å². The van der Waals surface area contributed by atoms with Gasteiger partial charge in [-0.1, -0.05) is 31.5 Å². The van der Waals surface area contributed by atoms with E-state index in [0.717, 1.165) is 18.5 Å². The summed E-state index contributed by atoms with van der Waals surface area (Å²) in [6.45, 7) is 3.90. The van der Waals surface area contributed by atoms with Gasteiger partial charge in [0.25, 0.3) is 0 Å². The van der Waals surface area contributed by atoms with Crippen molar-refractivity contribution in [2.24, 2.45) is 0 Å². The molecule has 0 aliphatic heterocycles. The number of amides is 2. The van der Waals surface area contributed by atoms with Crippen LogP contribution in [0, 0.1) is 0 Å². The lowest BCUT2D eigenvalue weighted by atomic mass is 10.2. The second-order valence-electron chi connectivity index (χ2n) is 7.13. The third-order valence-corrected chi connectivity index (χ3v) is 5.40. The largest absolute Gasteiger partial charge is 0.462 e. The molecular formula is C25H25N3O4S. The van der Waals surface area contributed by atoms with Crippen molar-refractivity contribution in [2.75, 3.05) is 16.8 Å². The molecule has 2 amide bonds. The van der Waals surface area contributed by atoms with E-state index in [1.54, 1.807) is 35.7 Å². The molecule has 3 rings (SSSR count). The Balaban J connectivity index is 1.59. The van der Waals surface area contributed by atoms with Crippen LogP contribution in [0.2, 0.25) is 0 Å². The summed E-state index contributed by atoms with van der Waals surface area (Å²) in [6, 6.07) is 15.8. The van der Waals surface area contributed by atoms with Crippen molar-refractivity contribution in [3.63, 3.8) is 0 Å². The van der Waals surface area contributed by atoms with E-state index in [4.69, 9.17) is 4.74 Å². The van der Waals surface area contributed by atoms with Crippen molar-refractivity contribution in [2.45, 2.75) is 26.7 Å². The number of carbonyl (C=O) groups excluding carboxylic acids is 3. The number of hydrogen-bond acceptors (Lipinski definition) is 6. The highest BCUT2D eigenvalue weighted by Crippen LogP contribution is 2.29. The van der Waals surface area contributed by atoms with Crippen molar-refractivity contribution in [1.29, 1.82) is 0 Å². The van der Waals surface area contributed by atoms with Crippen LogP contribution in [0.5, 0.6) is 0 Å². The molecule has 7 nitrogen and oxygen atoms in total. The van der Waals surface area contributed by atoms with Crippen molar-refractivity contribution < 1.29 is 19.1 Å². The first kappa shape index (κ1) is 23.9. The van der Waals surface area contributed by atoms with E-state index in [1.165, 1.54) is 29.2 Å². The van der Waals surface area contributed by atoms with Crippen LogP contribution in [0.1, 0.15) is 42.7 Å². The molecule has 1 heterocycles. The first-order chi connectivity index (χ1) is 16.0. The number of ether oxygens (including phenoxy) is 1. The van der Waals surface area contributed by atoms with Crippen LogP contribution < -0.4 is 10.2 Å². The molecule has 0 spiro atoms. The molecule has 0 saturated carbocycles. The van der Waals surface area contributed by atoms with Crippen LogP contribution >= 0.6 is 11.3 Å². The number of unbranched alkanes of at least 4 members (excludes halogenated alkanes) is 1. The summed E-state index contributed by atoms with van der Waals surface area (Å²) < 4.78 is 5.17. The van der Waals surface area contributed by atoms with Gasteiger partial charge in [0.1, 0.15) is 0 Å². The fraction of sp³-hybridized carbons (Fsp3) is 0.200. The number of nitrogens with zero attached hydrogens (tertiary/aromatic N) is 2. The summed E-state index contributed by atoms with van der Waals surface area (Å²) in [5.74, 6) is -0.869. The van der Waals surface area contributed by atoms with E-state index in [2.05, 4.69) is 10.3 Å². The number of para-hydroxylation sites is 1. The fourth-order valence-electron chi connectivity index (χ4n) is 2.89. The Morgan fingerprint density at radius 2 is 1.82 bits per heavy atom. The quantitative estimate of drug-likeness (QED) is 0.259. The number of aromatic nitrogens is 1. The first-order valence-corrected chi connectivity index (χ1v) is 11.4. The topological polar surface area (TPSA) is 88.6 Å². The molecular weight excluding hydrogens is 438 g/mol. The normalized spacial score (nSPS) is 10.7. The summed E-state index contributed by atoms with van der Waals surface area (Å²) >= 11 is 1.31. The molecule has 1 aromatic heterocycles.